The monoisotopic (exact) mass is 343 g/mol. The van der Waals surface area contributed by atoms with E-state index in [1.54, 1.807) is 44.6 Å². The number of aromatic nitrogens is 2. The van der Waals surface area contributed by atoms with E-state index in [0.29, 0.717) is 43.2 Å². The molecule has 0 fully saturated rings. The van der Waals surface area contributed by atoms with E-state index < -0.39 is 0 Å². The van der Waals surface area contributed by atoms with Gasteiger partial charge < -0.3 is 19.1 Å². The van der Waals surface area contributed by atoms with E-state index in [1.807, 2.05) is 0 Å². The number of amides is 1. The second-order valence-electron chi connectivity index (χ2n) is 5.75. The lowest BCUT2D eigenvalue weighted by atomic mass is 10.1. The molecule has 0 saturated heterocycles. The molecule has 0 unspecified atom stereocenters. The topological polar surface area (TPSA) is 73.8 Å². The molecule has 0 spiro atoms. The summed E-state index contributed by atoms with van der Waals surface area (Å²) in [6, 6.07) is 3.59. The quantitative estimate of drug-likeness (QED) is 0.798. The Morgan fingerprint density at radius 2 is 1.84 bits per heavy atom. The molecule has 0 radical (unpaired) electrons. The Kier molecular flexibility index (Phi) is 5.02. The molecule has 2 heterocycles. The van der Waals surface area contributed by atoms with Gasteiger partial charge in [0, 0.05) is 42.4 Å². The number of rotatable bonds is 6. The number of methoxy groups -OCH3 is 3. The second kappa shape index (κ2) is 7.38. The van der Waals surface area contributed by atoms with Gasteiger partial charge in [-0.25, -0.2) is 9.97 Å². The van der Waals surface area contributed by atoms with Gasteiger partial charge in [0.05, 0.1) is 33.6 Å². The molecule has 1 aliphatic heterocycles. The lowest BCUT2D eigenvalue weighted by Crippen LogP contribution is -2.25. The fourth-order valence-electron chi connectivity index (χ4n) is 2.99. The summed E-state index contributed by atoms with van der Waals surface area (Å²) in [5, 5.41) is 0. The van der Waals surface area contributed by atoms with E-state index in [2.05, 4.69) is 9.97 Å². The van der Waals surface area contributed by atoms with Crippen LogP contribution in [0.15, 0.2) is 24.7 Å². The number of ether oxygens (including phenoxy) is 3. The predicted octanol–water partition coefficient (Wildman–Crippen LogP) is 1.98. The molecule has 2 aromatic rings. The first kappa shape index (κ1) is 17.0. The van der Waals surface area contributed by atoms with Crippen LogP contribution in [0.2, 0.25) is 0 Å². The summed E-state index contributed by atoms with van der Waals surface area (Å²) in [6.07, 6.45) is 4.17. The van der Waals surface area contributed by atoms with E-state index >= 15 is 0 Å². The van der Waals surface area contributed by atoms with Crippen molar-refractivity contribution >= 4 is 5.91 Å². The third-order valence-electron chi connectivity index (χ3n) is 4.34. The molecular formula is C18H21N3O4. The first-order chi connectivity index (χ1) is 12.2. The van der Waals surface area contributed by atoms with E-state index in [9.17, 15) is 4.79 Å². The van der Waals surface area contributed by atoms with Crippen molar-refractivity contribution in [2.75, 3.05) is 21.3 Å². The molecule has 0 atom stereocenters. The van der Waals surface area contributed by atoms with Crippen LogP contribution in [0.3, 0.4) is 0 Å². The highest BCUT2D eigenvalue weighted by atomic mass is 16.5. The van der Waals surface area contributed by atoms with E-state index in [4.69, 9.17) is 14.2 Å². The van der Waals surface area contributed by atoms with Crippen molar-refractivity contribution in [3.8, 4) is 17.2 Å². The predicted molar refractivity (Wildman–Crippen MR) is 90.7 cm³/mol. The van der Waals surface area contributed by atoms with Crippen molar-refractivity contribution in [3.63, 3.8) is 0 Å². The van der Waals surface area contributed by atoms with Gasteiger partial charge >= 0.3 is 0 Å². The molecule has 0 bridgehead atoms. The molecule has 0 saturated carbocycles. The van der Waals surface area contributed by atoms with Crippen molar-refractivity contribution in [1.29, 1.82) is 0 Å². The Balaban J connectivity index is 1.70. The largest absolute Gasteiger partial charge is 0.496 e. The Hall–Kier alpha value is -2.83. The van der Waals surface area contributed by atoms with Gasteiger partial charge in [-0.3, -0.25) is 4.79 Å². The van der Waals surface area contributed by atoms with Crippen LogP contribution >= 0.6 is 0 Å². The average molecular weight is 343 g/mol. The SMILES string of the molecule is COc1cc(OC)c(CCC(=O)N2Cc3cncnc3C2)c(OC)c1. The van der Waals surface area contributed by atoms with Crippen molar-refractivity contribution in [3.05, 3.63) is 41.5 Å². The zero-order valence-electron chi connectivity index (χ0n) is 14.6. The number of carbonyl (C=O) groups excluding carboxylic acids is 1. The minimum absolute atomic E-state index is 0.0675. The maximum absolute atomic E-state index is 12.6. The molecular weight excluding hydrogens is 322 g/mol. The maximum Gasteiger partial charge on any atom is 0.223 e. The summed E-state index contributed by atoms with van der Waals surface area (Å²) in [5.74, 6) is 2.02. The van der Waals surface area contributed by atoms with Crippen LogP contribution in [0.5, 0.6) is 17.2 Å². The van der Waals surface area contributed by atoms with Crippen molar-refractivity contribution in [2.45, 2.75) is 25.9 Å². The number of hydrogen-bond acceptors (Lipinski definition) is 6. The Labute approximate surface area is 146 Å². The molecule has 1 aromatic heterocycles. The Morgan fingerprint density at radius 3 is 2.44 bits per heavy atom. The average Bonchev–Trinajstić information content (AvgIpc) is 3.09. The first-order valence-electron chi connectivity index (χ1n) is 8.00. The highest BCUT2D eigenvalue weighted by Crippen LogP contribution is 2.35. The zero-order chi connectivity index (χ0) is 17.8. The number of nitrogens with zero attached hydrogens (tertiary/aromatic N) is 3. The van der Waals surface area contributed by atoms with Crippen LogP contribution in [0.1, 0.15) is 23.2 Å². The lowest BCUT2D eigenvalue weighted by molar-refractivity contribution is -0.131. The Morgan fingerprint density at radius 1 is 1.12 bits per heavy atom. The van der Waals surface area contributed by atoms with Crippen LogP contribution < -0.4 is 14.2 Å². The fraction of sp³-hybridized carbons (Fsp3) is 0.389. The van der Waals surface area contributed by atoms with E-state index in [-0.39, 0.29) is 5.91 Å². The standard InChI is InChI=1S/C18H21N3O4/c1-23-13-6-16(24-2)14(17(7-13)25-3)4-5-18(22)21-9-12-8-19-11-20-15(12)10-21/h6-8,11H,4-5,9-10H2,1-3H3. The van der Waals surface area contributed by atoms with E-state index in [1.165, 1.54) is 6.33 Å². The van der Waals surface area contributed by atoms with Crippen molar-refractivity contribution in [2.24, 2.45) is 0 Å². The summed E-state index contributed by atoms with van der Waals surface area (Å²) in [7, 11) is 4.77. The van der Waals surface area contributed by atoms with Gasteiger partial charge in [-0.05, 0) is 6.42 Å². The molecule has 7 heteroatoms. The minimum atomic E-state index is 0.0675. The first-order valence-corrected chi connectivity index (χ1v) is 8.00. The second-order valence-corrected chi connectivity index (χ2v) is 5.75. The van der Waals surface area contributed by atoms with Crippen molar-refractivity contribution < 1.29 is 19.0 Å². The number of fused-ring (bicyclic) bond motifs is 1. The normalized spacial score (nSPS) is 12.7. The third-order valence-corrected chi connectivity index (χ3v) is 4.34. The fourth-order valence-corrected chi connectivity index (χ4v) is 2.99. The van der Waals surface area contributed by atoms with Gasteiger partial charge in [0.1, 0.15) is 23.6 Å². The highest BCUT2D eigenvalue weighted by Gasteiger charge is 2.25. The van der Waals surface area contributed by atoms with Gasteiger partial charge in [0.2, 0.25) is 5.91 Å². The van der Waals surface area contributed by atoms with Gasteiger partial charge in [0.15, 0.2) is 0 Å². The third kappa shape index (κ3) is 3.50. The number of carbonyl (C=O) groups is 1. The molecule has 132 valence electrons. The highest BCUT2D eigenvalue weighted by molar-refractivity contribution is 5.77. The van der Waals surface area contributed by atoms with Gasteiger partial charge in [-0.15, -0.1) is 0 Å². The smallest absolute Gasteiger partial charge is 0.223 e. The van der Waals surface area contributed by atoms with Gasteiger partial charge in [-0.2, -0.15) is 0 Å². The summed E-state index contributed by atoms with van der Waals surface area (Å²) < 4.78 is 16.1. The zero-order valence-corrected chi connectivity index (χ0v) is 14.6. The molecule has 0 aliphatic carbocycles. The minimum Gasteiger partial charge on any atom is -0.496 e. The van der Waals surface area contributed by atoms with Crippen LogP contribution in [0, 0.1) is 0 Å². The summed E-state index contributed by atoms with van der Waals surface area (Å²) in [5.41, 5.74) is 2.79. The summed E-state index contributed by atoms with van der Waals surface area (Å²) in [4.78, 5) is 22.6. The van der Waals surface area contributed by atoms with E-state index in [0.717, 1.165) is 16.8 Å². The number of hydrogen-bond donors (Lipinski definition) is 0. The molecule has 1 aliphatic rings. The molecule has 25 heavy (non-hydrogen) atoms. The molecule has 7 nitrogen and oxygen atoms in total. The van der Waals surface area contributed by atoms with Gasteiger partial charge in [-0.1, -0.05) is 0 Å². The van der Waals surface area contributed by atoms with Gasteiger partial charge in [0.25, 0.3) is 0 Å². The lowest BCUT2D eigenvalue weighted by Gasteiger charge is -2.17. The van der Waals surface area contributed by atoms with Crippen LogP contribution in [0.4, 0.5) is 0 Å². The molecule has 1 aromatic carbocycles. The van der Waals surface area contributed by atoms with Crippen LogP contribution in [0.25, 0.3) is 0 Å². The van der Waals surface area contributed by atoms with Crippen LogP contribution in [-0.2, 0) is 24.3 Å². The molecule has 0 N–H and O–H groups in total. The molecule has 3 rings (SSSR count). The summed E-state index contributed by atoms with van der Waals surface area (Å²) >= 11 is 0. The Bertz CT molecular complexity index is 729. The van der Waals surface area contributed by atoms with Crippen molar-refractivity contribution in [1.82, 2.24) is 14.9 Å². The molecule has 1 amide bonds. The maximum atomic E-state index is 12.6. The summed E-state index contributed by atoms with van der Waals surface area (Å²) in [6.45, 7) is 1.10. The van der Waals surface area contributed by atoms with Crippen LogP contribution in [-0.4, -0.2) is 42.1 Å². The number of benzene rings is 1.